The lowest BCUT2D eigenvalue weighted by molar-refractivity contribution is -0.351. The third-order valence-electron chi connectivity index (χ3n) is 7.83. The molecular weight excluding hydrogens is 500 g/mol. The van der Waals surface area contributed by atoms with Gasteiger partial charge in [-0.2, -0.15) is 4.68 Å². The van der Waals surface area contributed by atoms with Crippen molar-refractivity contribution in [2.75, 3.05) is 12.3 Å². The summed E-state index contributed by atoms with van der Waals surface area (Å²) in [7, 11) is 0. The number of fused-ring (bicyclic) bond motifs is 1. The molecule has 9 heteroatoms. The lowest BCUT2D eigenvalue weighted by atomic mass is 9.99. The van der Waals surface area contributed by atoms with Gasteiger partial charge in [-0.15, -0.1) is 9.50 Å². The minimum absolute atomic E-state index is 0.182. The van der Waals surface area contributed by atoms with Gasteiger partial charge in [0.1, 0.15) is 5.69 Å². The summed E-state index contributed by atoms with van der Waals surface area (Å²) in [5.74, 6) is 0.247. The molecule has 1 aliphatic rings. The van der Waals surface area contributed by atoms with Gasteiger partial charge in [0.15, 0.2) is 0 Å². The third-order valence-corrected chi connectivity index (χ3v) is 7.83. The van der Waals surface area contributed by atoms with Gasteiger partial charge in [0, 0.05) is 36.1 Å². The number of H-pyrrole nitrogens is 1. The molecule has 5 aromatic rings. The largest absolute Gasteiger partial charge is 0.411 e. The summed E-state index contributed by atoms with van der Waals surface area (Å²) in [5.41, 5.74) is 20.5. The van der Waals surface area contributed by atoms with Crippen molar-refractivity contribution in [3.05, 3.63) is 99.7 Å². The zero-order chi connectivity index (χ0) is 27.8. The highest BCUT2D eigenvalue weighted by Crippen LogP contribution is 2.33. The molecule has 1 fully saturated rings. The number of benzene rings is 2. The summed E-state index contributed by atoms with van der Waals surface area (Å²) in [4.78, 5) is 24.1. The Balaban J connectivity index is 1.45. The van der Waals surface area contributed by atoms with Crippen LogP contribution in [0.5, 0.6) is 0 Å². The number of likely N-dealkylation sites (tertiary alicyclic amines) is 1. The Hall–Kier alpha value is -4.34. The lowest BCUT2D eigenvalue weighted by Crippen LogP contribution is -2.36. The topological polar surface area (TPSA) is 122 Å². The van der Waals surface area contributed by atoms with Gasteiger partial charge in [0.05, 0.1) is 12.1 Å². The van der Waals surface area contributed by atoms with Crippen molar-refractivity contribution < 1.29 is 4.98 Å². The van der Waals surface area contributed by atoms with Crippen LogP contribution in [-0.4, -0.2) is 36.7 Å². The van der Waals surface area contributed by atoms with Crippen LogP contribution in [0, 0.1) is 13.8 Å². The fraction of sp³-hybridized carbons (Fsp3) is 0.290. The van der Waals surface area contributed by atoms with E-state index in [2.05, 4.69) is 33.1 Å². The van der Waals surface area contributed by atoms with Crippen LogP contribution in [0.1, 0.15) is 35.4 Å². The Morgan fingerprint density at radius 2 is 1.68 bits per heavy atom. The van der Waals surface area contributed by atoms with E-state index < -0.39 is 0 Å². The summed E-state index contributed by atoms with van der Waals surface area (Å²) >= 11 is 0. The molecule has 0 amide bonds. The highest BCUT2D eigenvalue weighted by molar-refractivity contribution is 5.88. The Bertz CT molecular complexity index is 1720. The molecule has 40 heavy (non-hydrogen) atoms. The lowest BCUT2D eigenvalue weighted by Gasteiger charge is -2.25. The van der Waals surface area contributed by atoms with Crippen LogP contribution in [0.25, 0.3) is 28.0 Å². The number of nitrogen functional groups attached to an aromatic ring is 1. The summed E-state index contributed by atoms with van der Waals surface area (Å²) in [6.45, 7) is 6.71. The Kier molecular flexibility index (Phi) is 6.91. The maximum absolute atomic E-state index is 13.8. The minimum atomic E-state index is -0.249. The normalized spacial score (nSPS) is 15.7. The van der Waals surface area contributed by atoms with Crippen LogP contribution in [-0.2, 0) is 19.6 Å². The van der Waals surface area contributed by atoms with Crippen molar-refractivity contribution >= 4 is 11.6 Å². The molecule has 2 aromatic carbocycles. The van der Waals surface area contributed by atoms with Crippen molar-refractivity contribution in [1.82, 2.24) is 24.1 Å². The van der Waals surface area contributed by atoms with Gasteiger partial charge in [0.2, 0.25) is 5.65 Å². The highest BCUT2D eigenvalue weighted by Gasteiger charge is 2.30. The zero-order valence-electron chi connectivity index (χ0n) is 23.0. The highest BCUT2D eigenvalue weighted by atomic mass is 16.2. The van der Waals surface area contributed by atoms with Crippen LogP contribution in [0.4, 0.5) is 5.95 Å². The molecule has 6 rings (SSSR count). The van der Waals surface area contributed by atoms with E-state index in [0.29, 0.717) is 18.7 Å². The Morgan fingerprint density at radius 1 is 0.975 bits per heavy atom. The molecule has 1 atom stereocenters. The second-order valence-electron chi connectivity index (χ2n) is 10.6. The van der Waals surface area contributed by atoms with E-state index >= 15 is 0 Å². The number of nitrogens with one attached hydrogen (secondary N) is 1. The number of aryl methyl sites for hydroxylation is 2. The van der Waals surface area contributed by atoms with Crippen molar-refractivity contribution in [2.45, 2.75) is 52.4 Å². The standard InChI is InChI=1S/C31H34N8O/c1-20-15-25(16-21(2)34-20)27-28(22-9-4-3-5-10-22)35-30(33)39-29(27)36-38(31(39)40)19-26-13-8-14-37(26)18-24-12-7-6-11-23(24)17-32/h3-7,9-12,15-16,26H,8,13-14,17-19,32H2,1-2H3,(H2,33,35)/p+1. The first-order valence-corrected chi connectivity index (χ1v) is 13.8. The number of hydrogen-bond donors (Lipinski definition) is 2. The van der Waals surface area contributed by atoms with Crippen LogP contribution in [0.3, 0.4) is 0 Å². The molecule has 3 aromatic heterocycles. The molecule has 1 aliphatic heterocycles. The first-order chi connectivity index (χ1) is 19.4. The Labute approximate surface area is 233 Å². The van der Waals surface area contributed by atoms with Gasteiger partial charge in [-0.3, -0.25) is 15.6 Å². The van der Waals surface area contributed by atoms with Crippen LogP contribution < -0.4 is 22.1 Å². The number of rotatable bonds is 7. The van der Waals surface area contributed by atoms with Crippen molar-refractivity contribution in [3.8, 4) is 22.4 Å². The van der Waals surface area contributed by atoms with Crippen LogP contribution >= 0.6 is 0 Å². The van der Waals surface area contributed by atoms with Gasteiger partial charge in [0.25, 0.3) is 0 Å². The number of hydrogen-bond acceptors (Lipinski definition) is 6. The summed E-state index contributed by atoms with van der Waals surface area (Å²) in [6, 6.07) is 22.5. The summed E-state index contributed by atoms with van der Waals surface area (Å²) in [5, 5.41) is 4.93. The number of nitrogens with zero attached hydrogens (tertiary/aromatic N) is 5. The fourth-order valence-electron chi connectivity index (χ4n) is 5.98. The van der Waals surface area contributed by atoms with Gasteiger partial charge in [-0.1, -0.05) is 54.6 Å². The molecule has 1 saturated heterocycles. The molecule has 0 aliphatic carbocycles. The van der Waals surface area contributed by atoms with E-state index in [1.54, 1.807) is 4.68 Å². The average Bonchev–Trinajstić information content (AvgIpc) is 3.52. The maximum Gasteiger partial charge on any atom is 0.411 e. The third kappa shape index (κ3) is 4.78. The van der Waals surface area contributed by atoms with E-state index in [-0.39, 0.29) is 17.7 Å². The molecule has 0 spiro atoms. The predicted octanol–water partition coefficient (Wildman–Crippen LogP) is 3.36. The van der Waals surface area contributed by atoms with Crippen LogP contribution in [0.15, 0.2) is 71.5 Å². The fourth-order valence-corrected chi connectivity index (χ4v) is 5.98. The zero-order valence-corrected chi connectivity index (χ0v) is 23.0. The van der Waals surface area contributed by atoms with Crippen molar-refractivity contribution in [2.24, 2.45) is 5.73 Å². The molecule has 1 unspecified atom stereocenters. The van der Waals surface area contributed by atoms with Crippen LogP contribution in [0.2, 0.25) is 0 Å². The van der Waals surface area contributed by atoms with E-state index in [0.717, 1.165) is 65.3 Å². The molecular formula is C31H35N8O+. The molecule has 4 heterocycles. The molecule has 5 N–H and O–H groups in total. The maximum atomic E-state index is 13.8. The molecule has 0 bridgehead atoms. The van der Waals surface area contributed by atoms with E-state index in [1.165, 1.54) is 9.96 Å². The van der Waals surface area contributed by atoms with Crippen molar-refractivity contribution in [3.63, 3.8) is 0 Å². The molecule has 0 radical (unpaired) electrons. The quantitative estimate of drug-likeness (QED) is 0.330. The van der Waals surface area contributed by atoms with Gasteiger partial charge >= 0.3 is 11.6 Å². The van der Waals surface area contributed by atoms with Crippen molar-refractivity contribution in [1.29, 1.82) is 0 Å². The van der Waals surface area contributed by atoms with E-state index in [4.69, 9.17) is 16.6 Å². The number of aromatic amines is 1. The summed E-state index contributed by atoms with van der Waals surface area (Å²) < 4.78 is 3.08. The summed E-state index contributed by atoms with van der Waals surface area (Å²) in [6.07, 6.45) is 2.07. The number of anilines is 1. The first-order valence-electron chi connectivity index (χ1n) is 13.8. The molecule has 0 saturated carbocycles. The number of nitrogens with two attached hydrogens (primary N) is 2. The van der Waals surface area contributed by atoms with E-state index in [1.807, 2.05) is 62.4 Å². The second kappa shape index (κ2) is 10.7. The monoisotopic (exact) mass is 535 g/mol. The number of aromatic nitrogens is 5. The molecule has 204 valence electrons. The minimum Gasteiger partial charge on any atom is -0.326 e. The molecule has 9 nitrogen and oxygen atoms in total. The second-order valence-corrected chi connectivity index (χ2v) is 10.6. The van der Waals surface area contributed by atoms with E-state index in [9.17, 15) is 4.79 Å². The predicted molar refractivity (Wildman–Crippen MR) is 156 cm³/mol. The SMILES string of the molecule is Cc1cc(-c2c(-c3ccccc3)[nH+]c(N)n3c(=O)n(CC4CCCN4Cc4ccccc4CN)nc23)cc(C)n1. The van der Waals surface area contributed by atoms with Gasteiger partial charge in [-0.25, -0.2) is 9.78 Å². The first kappa shape index (κ1) is 25.9. The Morgan fingerprint density at radius 3 is 2.40 bits per heavy atom. The van der Waals surface area contributed by atoms with Gasteiger partial charge < -0.3 is 5.73 Å². The number of pyridine rings is 1. The van der Waals surface area contributed by atoms with Gasteiger partial charge in [-0.05, 0) is 62.1 Å². The average molecular weight is 536 g/mol. The smallest absolute Gasteiger partial charge is 0.326 e.